The van der Waals surface area contributed by atoms with Crippen LogP contribution in [0.3, 0.4) is 0 Å². The van der Waals surface area contributed by atoms with E-state index >= 15 is 0 Å². The molecule has 1 aliphatic rings. The fraction of sp³-hybridized carbons (Fsp3) is 1.00. The zero-order chi connectivity index (χ0) is 9.90. The molecule has 6 heteroatoms. The van der Waals surface area contributed by atoms with Crippen molar-refractivity contribution < 1.29 is 8.42 Å². The van der Waals surface area contributed by atoms with E-state index < -0.39 is 10.0 Å². The Morgan fingerprint density at radius 2 is 1.77 bits per heavy atom. The number of nitrogens with zero attached hydrogens (tertiary/aromatic N) is 2. The predicted molar refractivity (Wildman–Crippen MR) is 53.6 cm³/mol. The summed E-state index contributed by atoms with van der Waals surface area (Å²) >= 11 is 5.42. The lowest BCUT2D eigenvalue weighted by Gasteiger charge is -2.31. The van der Waals surface area contributed by atoms with Crippen LogP contribution in [0.25, 0.3) is 0 Å². The van der Waals surface area contributed by atoms with Gasteiger partial charge in [-0.2, -0.15) is 4.31 Å². The van der Waals surface area contributed by atoms with Gasteiger partial charge in [0.15, 0.2) is 0 Å². The van der Waals surface area contributed by atoms with E-state index in [1.54, 1.807) is 0 Å². The number of rotatable bonds is 3. The summed E-state index contributed by atoms with van der Waals surface area (Å²) in [7, 11) is -1.09. The van der Waals surface area contributed by atoms with Crippen LogP contribution in [0.4, 0.5) is 0 Å². The molecule has 0 aliphatic carbocycles. The van der Waals surface area contributed by atoms with E-state index in [1.165, 1.54) is 4.31 Å². The van der Waals surface area contributed by atoms with Crippen molar-refractivity contribution in [3.63, 3.8) is 0 Å². The van der Waals surface area contributed by atoms with Gasteiger partial charge in [0.25, 0.3) is 0 Å². The maximum Gasteiger partial charge on any atom is 0.215 e. The number of hydrogen-bond acceptors (Lipinski definition) is 3. The molecule has 13 heavy (non-hydrogen) atoms. The van der Waals surface area contributed by atoms with Gasteiger partial charge in [0, 0.05) is 32.1 Å². The Morgan fingerprint density at radius 3 is 2.23 bits per heavy atom. The molecule has 0 aromatic heterocycles. The van der Waals surface area contributed by atoms with E-state index in [4.69, 9.17) is 11.6 Å². The first kappa shape index (κ1) is 11.2. The molecule has 0 aromatic carbocycles. The third kappa shape index (κ3) is 3.09. The third-order valence-electron chi connectivity index (χ3n) is 2.19. The van der Waals surface area contributed by atoms with Gasteiger partial charge >= 0.3 is 0 Å². The number of piperazine rings is 1. The first-order valence-corrected chi connectivity index (χ1v) is 6.43. The minimum Gasteiger partial charge on any atom is -0.304 e. The average Bonchev–Trinajstić information content (AvgIpc) is 2.05. The molecule has 0 amide bonds. The standard InChI is InChI=1S/C7H15ClN2O2S/c1-9-3-5-10(6-4-9)13(11,12)7-2-8/h2-7H2,1H3. The Hall–Kier alpha value is 0.160. The second-order valence-electron chi connectivity index (χ2n) is 3.21. The van der Waals surface area contributed by atoms with Crippen molar-refractivity contribution in [2.75, 3.05) is 44.9 Å². The van der Waals surface area contributed by atoms with Gasteiger partial charge in [-0.1, -0.05) is 0 Å². The van der Waals surface area contributed by atoms with Gasteiger partial charge in [-0.05, 0) is 7.05 Å². The Labute approximate surface area is 84.5 Å². The minimum absolute atomic E-state index is 0.0538. The zero-order valence-electron chi connectivity index (χ0n) is 7.74. The molecule has 1 aliphatic heterocycles. The van der Waals surface area contributed by atoms with Crippen LogP contribution in [0.2, 0.25) is 0 Å². The van der Waals surface area contributed by atoms with Crippen molar-refractivity contribution in [2.45, 2.75) is 0 Å². The summed E-state index contributed by atoms with van der Waals surface area (Å²) in [5, 5.41) is 0. The molecule has 78 valence electrons. The van der Waals surface area contributed by atoms with Gasteiger partial charge in [0.05, 0.1) is 5.75 Å². The van der Waals surface area contributed by atoms with E-state index in [1.807, 2.05) is 7.05 Å². The molecule has 1 rings (SSSR count). The molecule has 0 aromatic rings. The molecule has 0 bridgehead atoms. The van der Waals surface area contributed by atoms with Crippen LogP contribution in [0.5, 0.6) is 0 Å². The second-order valence-corrected chi connectivity index (χ2v) is 5.67. The molecule has 1 saturated heterocycles. The van der Waals surface area contributed by atoms with E-state index in [0.717, 1.165) is 13.1 Å². The highest BCUT2D eigenvalue weighted by atomic mass is 35.5. The molecule has 1 fully saturated rings. The van der Waals surface area contributed by atoms with E-state index in [2.05, 4.69) is 4.90 Å². The summed E-state index contributed by atoms with van der Waals surface area (Å²) < 4.78 is 24.6. The Bertz CT molecular complexity index is 247. The smallest absolute Gasteiger partial charge is 0.215 e. The number of halogens is 1. The molecule has 0 spiro atoms. The second kappa shape index (κ2) is 4.59. The van der Waals surface area contributed by atoms with Gasteiger partial charge < -0.3 is 4.90 Å². The molecule has 0 N–H and O–H groups in total. The van der Waals surface area contributed by atoms with Crippen LogP contribution in [0.1, 0.15) is 0 Å². The Morgan fingerprint density at radius 1 is 1.23 bits per heavy atom. The van der Waals surface area contributed by atoms with Crippen LogP contribution in [0.15, 0.2) is 0 Å². The molecule has 0 unspecified atom stereocenters. The lowest BCUT2D eigenvalue weighted by Crippen LogP contribution is -2.47. The van der Waals surface area contributed by atoms with Crippen LogP contribution in [-0.4, -0.2) is 62.5 Å². The van der Waals surface area contributed by atoms with Crippen molar-refractivity contribution in [3.05, 3.63) is 0 Å². The molecule has 1 heterocycles. The fourth-order valence-electron chi connectivity index (χ4n) is 1.29. The maximum atomic E-state index is 11.5. The summed E-state index contributed by atoms with van der Waals surface area (Å²) in [6.45, 7) is 2.80. The normalized spacial score (nSPS) is 22.0. The van der Waals surface area contributed by atoms with Crippen LogP contribution in [-0.2, 0) is 10.0 Å². The maximum absolute atomic E-state index is 11.5. The quantitative estimate of drug-likeness (QED) is 0.626. The lowest BCUT2D eigenvalue weighted by atomic mass is 10.4. The molecule has 0 saturated carbocycles. The van der Waals surface area contributed by atoms with Crippen LogP contribution < -0.4 is 0 Å². The number of hydrogen-bond donors (Lipinski definition) is 0. The highest BCUT2D eigenvalue weighted by molar-refractivity contribution is 7.89. The minimum atomic E-state index is -3.08. The molecule has 0 radical (unpaired) electrons. The number of alkyl halides is 1. The molecule has 4 nitrogen and oxygen atoms in total. The summed E-state index contributed by atoms with van der Waals surface area (Å²) in [4.78, 5) is 2.12. The van der Waals surface area contributed by atoms with Crippen LogP contribution in [0, 0.1) is 0 Å². The van der Waals surface area contributed by atoms with Crippen molar-refractivity contribution in [2.24, 2.45) is 0 Å². The van der Waals surface area contributed by atoms with Crippen molar-refractivity contribution in [3.8, 4) is 0 Å². The van der Waals surface area contributed by atoms with Crippen molar-refractivity contribution in [1.82, 2.24) is 9.21 Å². The van der Waals surface area contributed by atoms with E-state index in [-0.39, 0.29) is 11.6 Å². The lowest BCUT2D eigenvalue weighted by molar-refractivity contribution is 0.222. The summed E-state index contributed by atoms with van der Waals surface area (Å²) in [5.41, 5.74) is 0. The zero-order valence-corrected chi connectivity index (χ0v) is 9.31. The summed E-state index contributed by atoms with van der Waals surface area (Å²) in [6, 6.07) is 0. The topological polar surface area (TPSA) is 40.6 Å². The van der Waals surface area contributed by atoms with Gasteiger partial charge in [-0.3, -0.25) is 0 Å². The predicted octanol–water partition coefficient (Wildman–Crippen LogP) is -0.198. The van der Waals surface area contributed by atoms with Gasteiger partial charge in [0.2, 0.25) is 10.0 Å². The molecule has 0 atom stereocenters. The Kier molecular flexibility index (Phi) is 3.97. The summed E-state index contributed by atoms with van der Waals surface area (Å²) in [6.07, 6.45) is 0. The average molecular weight is 227 g/mol. The summed E-state index contributed by atoms with van der Waals surface area (Å²) in [5.74, 6) is 0.229. The monoisotopic (exact) mass is 226 g/mol. The molecular weight excluding hydrogens is 212 g/mol. The van der Waals surface area contributed by atoms with Gasteiger partial charge in [-0.25, -0.2) is 8.42 Å². The largest absolute Gasteiger partial charge is 0.304 e. The van der Waals surface area contributed by atoms with E-state index in [9.17, 15) is 8.42 Å². The number of likely N-dealkylation sites (N-methyl/N-ethyl adjacent to an activating group) is 1. The van der Waals surface area contributed by atoms with E-state index in [0.29, 0.717) is 13.1 Å². The van der Waals surface area contributed by atoms with Crippen LogP contribution >= 0.6 is 11.6 Å². The number of sulfonamides is 1. The first-order valence-electron chi connectivity index (χ1n) is 4.28. The third-order valence-corrected chi connectivity index (χ3v) is 4.48. The highest BCUT2D eigenvalue weighted by Crippen LogP contribution is 2.06. The van der Waals surface area contributed by atoms with Crippen molar-refractivity contribution >= 4 is 21.6 Å². The van der Waals surface area contributed by atoms with Gasteiger partial charge in [-0.15, -0.1) is 11.6 Å². The fourth-order valence-corrected chi connectivity index (χ4v) is 3.05. The highest BCUT2D eigenvalue weighted by Gasteiger charge is 2.24. The van der Waals surface area contributed by atoms with Gasteiger partial charge in [0.1, 0.15) is 0 Å². The molecular formula is C7H15ClN2O2S. The first-order chi connectivity index (χ1) is 6.06. The SMILES string of the molecule is CN1CCN(S(=O)(=O)CCCl)CC1. The Balaban J connectivity index is 2.53. The van der Waals surface area contributed by atoms with Crippen molar-refractivity contribution in [1.29, 1.82) is 0 Å².